The molecule has 3 rings (SSSR count). The van der Waals surface area contributed by atoms with Crippen LogP contribution in [0.2, 0.25) is 0 Å². The van der Waals surface area contributed by atoms with Gasteiger partial charge in [0.15, 0.2) is 0 Å². The van der Waals surface area contributed by atoms with Gasteiger partial charge in [-0.15, -0.1) is 11.3 Å². The molecule has 2 heterocycles. The zero-order valence-electron chi connectivity index (χ0n) is 17.0. The lowest BCUT2D eigenvalue weighted by Crippen LogP contribution is -2.42. The second-order valence-corrected chi connectivity index (χ2v) is 9.33. The number of nitrogens with one attached hydrogen (secondary N) is 1. The third kappa shape index (κ3) is 4.73. The van der Waals surface area contributed by atoms with Crippen LogP contribution in [0.15, 0.2) is 35.7 Å². The van der Waals surface area contributed by atoms with Crippen molar-refractivity contribution >= 4 is 34.5 Å². The van der Waals surface area contributed by atoms with Gasteiger partial charge in [-0.05, 0) is 49.8 Å². The second-order valence-electron chi connectivity index (χ2n) is 8.30. The van der Waals surface area contributed by atoms with Crippen molar-refractivity contribution in [1.82, 2.24) is 0 Å². The summed E-state index contributed by atoms with van der Waals surface area (Å²) in [6.07, 6.45) is 1.27. The van der Waals surface area contributed by atoms with Crippen LogP contribution in [0, 0.1) is 11.3 Å². The number of nitrogens with zero attached hydrogens (tertiary/aromatic N) is 1. The first-order valence-electron chi connectivity index (χ1n) is 9.67. The summed E-state index contributed by atoms with van der Waals surface area (Å²) in [6, 6.07) is 9.41. The van der Waals surface area contributed by atoms with Gasteiger partial charge in [-0.2, -0.15) is 0 Å². The topological polar surface area (TPSA) is 58.6 Å². The van der Waals surface area contributed by atoms with E-state index >= 15 is 0 Å². The minimum atomic E-state index is -0.599. The van der Waals surface area contributed by atoms with E-state index in [1.165, 1.54) is 0 Å². The predicted molar refractivity (Wildman–Crippen MR) is 114 cm³/mol. The highest BCUT2D eigenvalue weighted by atomic mass is 32.1. The van der Waals surface area contributed by atoms with Crippen LogP contribution < -0.4 is 15.0 Å². The zero-order chi connectivity index (χ0) is 20.3. The van der Waals surface area contributed by atoms with Crippen LogP contribution >= 0.6 is 11.3 Å². The molecule has 1 aliphatic heterocycles. The van der Waals surface area contributed by atoms with Crippen LogP contribution in [0.4, 0.5) is 11.4 Å². The van der Waals surface area contributed by atoms with E-state index in [0.29, 0.717) is 36.9 Å². The van der Waals surface area contributed by atoms with Crippen molar-refractivity contribution in [1.29, 1.82) is 0 Å². The molecular weight excluding hydrogens is 372 g/mol. The van der Waals surface area contributed by atoms with Crippen LogP contribution in [-0.2, 0) is 16.0 Å². The summed E-state index contributed by atoms with van der Waals surface area (Å²) >= 11 is 1.57. The first kappa shape index (κ1) is 20.4. The summed E-state index contributed by atoms with van der Waals surface area (Å²) in [5.41, 5.74) is 0.849. The Labute approximate surface area is 170 Å². The Morgan fingerprint density at radius 3 is 2.79 bits per heavy atom. The highest BCUT2D eigenvalue weighted by molar-refractivity contribution is 7.10. The van der Waals surface area contributed by atoms with Gasteiger partial charge in [-0.1, -0.05) is 19.9 Å². The van der Waals surface area contributed by atoms with Crippen LogP contribution in [0.3, 0.4) is 0 Å². The van der Waals surface area contributed by atoms with E-state index < -0.39 is 5.41 Å². The van der Waals surface area contributed by atoms with Crippen molar-refractivity contribution < 1.29 is 14.3 Å². The summed E-state index contributed by atoms with van der Waals surface area (Å²) in [6.45, 7) is 9.08. The summed E-state index contributed by atoms with van der Waals surface area (Å²) in [5, 5.41) is 4.89. The lowest BCUT2D eigenvalue weighted by atomic mass is 9.92. The van der Waals surface area contributed by atoms with Gasteiger partial charge in [0.1, 0.15) is 12.4 Å². The number of carbonyl (C=O) groups is 2. The largest absolute Gasteiger partial charge is 0.490 e. The number of fused-ring (bicyclic) bond motifs is 1. The van der Waals surface area contributed by atoms with Gasteiger partial charge in [-0.3, -0.25) is 9.59 Å². The predicted octanol–water partition coefficient (Wildman–Crippen LogP) is 4.73. The molecule has 0 atom stereocenters. The maximum absolute atomic E-state index is 13.1. The van der Waals surface area contributed by atoms with E-state index in [2.05, 4.69) is 19.2 Å². The molecule has 0 fully saturated rings. The quantitative estimate of drug-likeness (QED) is 0.763. The maximum Gasteiger partial charge on any atom is 0.236 e. The molecule has 2 aromatic rings. The molecule has 0 saturated carbocycles. The molecule has 2 amide bonds. The Balaban J connectivity index is 1.81. The SMILES string of the molecule is CC(C)CCN1C(=O)C(C)(C)COc2cc(NC(=O)Cc3cccs3)ccc21. The van der Waals surface area contributed by atoms with Gasteiger partial charge in [0.25, 0.3) is 0 Å². The van der Waals surface area contributed by atoms with E-state index in [4.69, 9.17) is 4.74 Å². The third-order valence-corrected chi connectivity index (χ3v) is 5.67. The number of rotatable bonds is 6. The van der Waals surface area contributed by atoms with Crippen molar-refractivity contribution in [2.24, 2.45) is 11.3 Å². The molecule has 1 aromatic carbocycles. The molecule has 1 N–H and O–H groups in total. The summed E-state index contributed by atoms with van der Waals surface area (Å²) in [4.78, 5) is 28.2. The Kier molecular flexibility index (Phi) is 6.08. The molecule has 28 heavy (non-hydrogen) atoms. The fourth-order valence-electron chi connectivity index (χ4n) is 3.11. The molecule has 6 heteroatoms. The minimum Gasteiger partial charge on any atom is -0.490 e. The third-order valence-electron chi connectivity index (χ3n) is 4.79. The molecular formula is C22H28N2O3S. The van der Waals surface area contributed by atoms with Crippen LogP contribution in [0.5, 0.6) is 5.75 Å². The summed E-state index contributed by atoms with van der Waals surface area (Å²) < 4.78 is 5.99. The van der Waals surface area contributed by atoms with Crippen LogP contribution in [0.25, 0.3) is 0 Å². The number of ether oxygens (including phenoxy) is 1. The summed E-state index contributed by atoms with van der Waals surface area (Å²) in [5.74, 6) is 1.14. The lowest BCUT2D eigenvalue weighted by Gasteiger charge is -2.28. The van der Waals surface area contributed by atoms with Gasteiger partial charge in [0, 0.05) is 23.2 Å². The maximum atomic E-state index is 13.1. The number of anilines is 2. The smallest absolute Gasteiger partial charge is 0.236 e. The van der Waals surface area contributed by atoms with Gasteiger partial charge >= 0.3 is 0 Å². The zero-order valence-corrected chi connectivity index (χ0v) is 17.8. The van der Waals surface area contributed by atoms with E-state index in [0.717, 1.165) is 17.0 Å². The molecule has 150 valence electrons. The molecule has 1 aromatic heterocycles. The van der Waals surface area contributed by atoms with E-state index in [1.54, 1.807) is 11.3 Å². The highest BCUT2D eigenvalue weighted by Crippen LogP contribution is 2.38. The number of carbonyl (C=O) groups excluding carboxylic acids is 2. The van der Waals surface area contributed by atoms with Crippen molar-refractivity contribution in [2.75, 3.05) is 23.4 Å². The first-order chi connectivity index (χ1) is 13.3. The minimum absolute atomic E-state index is 0.0657. The molecule has 1 aliphatic rings. The molecule has 0 bridgehead atoms. The van der Waals surface area contributed by atoms with Gasteiger partial charge in [0.05, 0.1) is 17.5 Å². The van der Waals surface area contributed by atoms with E-state index in [1.807, 2.05) is 54.5 Å². The molecule has 0 aliphatic carbocycles. The molecule has 0 spiro atoms. The number of amides is 2. The second kappa shape index (κ2) is 8.35. The number of benzene rings is 1. The van der Waals surface area contributed by atoms with Gasteiger partial charge < -0.3 is 15.0 Å². The Morgan fingerprint density at radius 1 is 1.32 bits per heavy atom. The monoisotopic (exact) mass is 400 g/mol. The van der Waals surface area contributed by atoms with E-state index in [9.17, 15) is 9.59 Å². The molecule has 0 saturated heterocycles. The van der Waals surface area contributed by atoms with Gasteiger partial charge in [0.2, 0.25) is 11.8 Å². The Bertz CT molecular complexity index is 843. The number of hydrogen-bond acceptors (Lipinski definition) is 4. The van der Waals surface area contributed by atoms with Crippen molar-refractivity contribution in [3.8, 4) is 5.75 Å². The average Bonchev–Trinajstić information content (AvgIpc) is 3.10. The molecule has 0 unspecified atom stereocenters. The Morgan fingerprint density at radius 2 is 2.11 bits per heavy atom. The normalized spacial score (nSPS) is 15.8. The Hall–Kier alpha value is -2.34. The van der Waals surface area contributed by atoms with Crippen molar-refractivity contribution in [3.63, 3.8) is 0 Å². The average molecular weight is 401 g/mol. The van der Waals surface area contributed by atoms with Crippen molar-refractivity contribution in [2.45, 2.75) is 40.5 Å². The highest BCUT2D eigenvalue weighted by Gasteiger charge is 2.37. The summed E-state index contributed by atoms with van der Waals surface area (Å²) in [7, 11) is 0. The fraction of sp³-hybridized carbons (Fsp3) is 0.455. The molecule has 5 nitrogen and oxygen atoms in total. The standard InChI is InChI=1S/C22H28N2O3S/c1-15(2)9-10-24-18-8-7-16(23-20(25)13-17-6-5-11-28-17)12-19(18)27-14-22(3,4)21(24)26/h5-8,11-12,15H,9-10,13-14H2,1-4H3,(H,23,25). The number of thiophene rings is 1. The van der Waals surface area contributed by atoms with Gasteiger partial charge in [-0.25, -0.2) is 0 Å². The van der Waals surface area contributed by atoms with Crippen molar-refractivity contribution in [3.05, 3.63) is 40.6 Å². The fourth-order valence-corrected chi connectivity index (χ4v) is 3.81. The van der Waals surface area contributed by atoms with Crippen LogP contribution in [-0.4, -0.2) is 25.0 Å². The molecule has 0 radical (unpaired) electrons. The first-order valence-corrected chi connectivity index (χ1v) is 10.6. The number of hydrogen-bond donors (Lipinski definition) is 1. The van der Waals surface area contributed by atoms with E-state index in [-0.39, 0.29) is 11.8 Å². The van der Waals surface area contributed by atoms with Crippen LogP contribution in [0.1, 0.15) is 39.0 Å². The lowest BCUT2D eigenvalue weighted by molar-refractivity contribution is -0.127.